The number of hydrogen-bond donors (Lipinski definition) is 2. The van der Waals surface area contributed by atoms with Crippen LogP contribution in [0.15, 0.2) is 59.2 Å². The molecular formula is C21H24N2O2. The molecule has 0 fully saturated rings. The first-order chi connectivity index (χ1) is 12.3. The van der Waals surface area contributed by atoms with Crippen LogP contribution in [0.3, 0.4) is 0 Å². The predicted molar refractivity (Wildman–Crippen MR) is 99.4 cm³/mol. The van der Waals surface area contributed by atoms with Crippen LogP contribution in [0.2, 0.25) is 0 Å². The molecule has 0 saturated heterocycles. The molecule has 0 amide bonds. The molecule has 1 aliphatic rings. The number of rotatable bonds is 6. The van der Waals surface area contributed by atoms with E-state index in [0.29, 0.717) is 19.6 Å². The summed E-state index contributed by atoms with van der Waals surface area (Å²) in [5.74, 6) is 0. The highest BCUT2D eigenvalue weighted by atomic mass is 16.3. The van der Waals surface area contributed by atoms with E-state index < -0.39 is 0 Å². The van der Waals surface area contributed by atoms with Crippen LogP contribution in [0.25, 0.3) is 11.0 Å². The minimum absolute atomic E-state index is 0.372. The van der Waals surface area contributed by atoms with E-state index in [2.05, 4.69) is 40.5 Å². The second kappa shape index (κ2) is 7.40. The minimum atomic E-state index is -0.372. The van der Waals surface area contributed by atoms with Gasteiger partial charge in [0, 0.05) is 43.7 Å². The Morgan fingerprint density at radius 1 is 1.08 bits per heavy atom. The van der Waals surface area contributed by atoms with Gasteiger partial charge in [-0.05, 0) is 23.6 Å². The van der Waals surface area contributed by atoms with Crippen LogP contribution in [0.4, 0.5) is 0 Å². The second-order valence-corrected chi connectivity index (χ2v) is 6.80. The highest BCUT2D eigenvalue weighted by Gasteiger charge is 2.18. The summed E-state index contributed by atoms with van der Waals surface area (Å²) in [4.78, 5) is 2.34. The zero-order valence-electron chi connectivity index (χ0n) is 14.3. The lowest BCUT2D eigenvalue weighted by Crippen LogP contribution is -2.40. The maximum Gasteiger partial charge on any atom is 0.134 e. The molecule has 0 bridgehead atoms. The lowest BCUT2D eigenvalue weighted by Gasteiger charge is -2.30. The topological polar surface area (TPSA) is 48.6 Å². The van der Waals surface area contributed by atoms with Crippen molar-refractivity contribution in [1.29, 1.82) is 0 Å². The molecule has 0 spiro atoms. The Bertz CT molecular complexity index is 843. The van der Waals surface area contributed by atoms with E-state index in [1.807, 2.05) is 18.2 Å². The average Bonchev–Trinajstić information content (AvgIpc) is 3.05. The van der Waals surface area contributed by atoms with Gasteiger partial charge in [-0.15, -0.1) is 0 Å². The van der Waals surface area contributed by atoms with Gasteiger partial charge in [-0.1, -0.05) is 42.5 Å². The number of nitrogens with zero attached hydrogens (tertiary/aromatic N) is 1. The van der Waals surface area contributed by atoms with Crippen LogP contribution in [-0.4, -0.2) is 35.7 Å². The van der Waals surface area contributed by atoms with Crippen LogP contribution in [0, 0.1) is 0 Å². The Balaban J connectivity index is 1.26. The summed E-state index contributed by atoms with van der Waals surface area (Å²) in [6, 6.07) is 16.6. The maximum atomic E-state index is 10.4. The predicted octanol–water partition coefficient (Wildman–Crippen LogP) is 2.94. The molecule has 1 atom stereocenters. The molecule has 3 aromatic rings. The number of nitrogens with one attached hydrogen (secondary N) is 1. The van der Waals surface area contributed by atoms with Crippen molar-refractivity contribution in [1.82, 2.24) is 10.2 Å². The van der Waals surface area contributed by atoms with Gasteiger partial charge in [0.1, 0.15) is 5.58 Å². The lowest BCUT2D eigenvalue weighted by atomic mass is 10.00. The third kappa shape index (κ3) is 3.76. The number of β-amino-alcohol motifs (C(OH)–C–C–N with tert-alkyl or cyclic N) is 1. The summed E-state index contributed by atoms with van der Waals surface area (Å²) in [6.45, 7) is 3.93. The number of aliphatic hydroxyl groups is 1. The van der Waals surface area contributed by atoms with E-state index in [-0.39, 0.29) is 6.10 Å². The monoisotopic (exact) mass is 336 g/mol. The van der Waals surface area contributed by atoms with Crippen molar-refractivity contribution in [3.63, 3.8) is 0 Å². The van der Waals surface area contributed by atoms with E-state index in [9.17, 15) is 5.11 Å². The summed E-state index contributed by atoms with van der Waals surface area (Å²) < 4.78 is 5.55. The van der Waals surface area contributed by atoms with Crippen molar-refractivity contribution in [2.75, 3.05) is 19.6 Å². The van der Waals surface area contributed by atoms with Gasteiger partial charge in [0.05, 0.1) is 12.4 Å². The number of furan rings is 1. The zero-order valence-corrected chi connectivity index (χ0v) is 14.3. The Labute approximate surface area is 148 Å². The fraction of sp³-hybridized carbons (Fsp3) is 0.333. The van der Waals surface area contributed by atoms with Crippen molar-refractivity contribution in [3.8, 4) is 0 Å². The standard InChI is InChI=1S/C21H24N2O2/c24-19(14-23-10-9-16-5-1-2-6-17(16)13-23)12-22-11-18-15-25-21-8-4-3-7-20(18)21/h1-8,15,19,22,24H,9-14H2. The summed E-state index contributed by atoms with van der Waals surface area (Å²) in [5, 5.41) is 14.9. The van der Waals surface area contributed by atoms with Crippen molar-refractivity contribution >= 4 is 11.0 Å². The molecule has 4 nitrogen and oxygen atoms in total. The number of aliphatic hydroxyl groups excluding tert-OH is 1. The summed E-state index contributed by atoms with van der Waals surface area (Å²) in [5.41, 5.74) is 4.87. The molecule has 0 aliphatic carbocycles. The molecule has 2 aromatic carbocycles. The Kier molecular flexibility index (Phi) is 4.83. The molecule has 1 aromatic heterocycles. The number of para-hydroxylation sites is 1. The van der Waals surface area contributed by atoms with Crippen LogP contribution in [0.1, 0.15) is 16.7 Å². The van der Waals surface area contributed by atoms with Gasteiger partial charge >= 0.3 is 0 Å². The number of fused-ring (bicyclic) bond motifs is 2. The quantitative estimate of drug-likeness (QED) is 0.727. The SMILES string of the molecule is OC(CNCc1coc2ccccc12)CN1CCc2ccccc2C1. The molecule has 2 heterocycles. The zero-order chi connectivity index (χ0) is 17.1. The number of hydrogen-bond acceptors (Lipinski definition) is 4. The fourth-order valence-corrected chi connectivity index (χ4v) is 3.62. The summed E-state index contributed by atoms with van der Waals surface area (Å²) in [7, 11) is 0. The first-order valence-electron chi connectivity index (χ1n) is 8.92. The summed E-state index contributed by atoms with van der Waals surface area (Å²) in [6.07, 6.45) is 2.49. The molecule has 130 valence electrons. The van der Waals surface area contributed by atoms with E-state index in [1.54, 1.807) is 6.26 Å². The van der Waals surface area contributed by atoms with Gasteiger partial charge in [0.25, 0.3) is 0 Å². The van der Waals surface area contributed by atoms with Crippen LogP contribution >= 0.6 is 0 Å². The smallest absolute Gasteiger partial charge is 0.134 e. The van der Waals surface area contributed by atoms with Crippen molar-refractivity contribution in [2.24, 2.45) is 0 Å². The highest BCUT2D eigenvalue weighted by molar-refractivity contribution is 5.80. The average molecular weight is 336 g/mol. The third-order valence-corrected chi connectivity index (χ3v) is 4.94. The van der Waals surface area contributed by atoms with Crippen LogP contribution in [0.5, 0.6) is 0 Å². The Morgan fingerprint density at radius 3 is 2.80 bits per heavy atom. The molecule has 4 heteroatoms. The maximum absolute atomic E-state index is 10.4. The molecule has 1 aliphatic heterocycles. The third-order valence-electron chi connectivity index (χ3n) is 4.94. The fourth-order valence-electron chi connectivity index (χ4n) is 3.62. The van der Waals surface area contributed by atoms with Crippen LogP contribution < -0.4 is 5.32 Å². The van der Waals surface area contributed by atoms with Gasteiger partial charge in [0.2, 0.25) is 0 Å². The normalized spacial score (nSPS) is 16.0. The van der Waals surface area contributed by atoms with E-state index in [4.69, 9.17) is 4.42 Å². The van der Waals surface area contributed by atoms with Gasteiger partial charge in [0.15, 0.2) is 0 Å². The summed E-state index contributed by atoms with van der Waals surface area (Å²) >= 11 is 0. The van der Waals surface area contributed by atoms with Crippen LogP contribution in [-0.2, 0) is 19.5 Å². The van der Waals surface area contributed by atoms with Crippen molar-refractivity contribution < 1.29 is 9.52 Å². The number of benzene rings is 2. The van der Waals surface area contributed by atoms with Gasteiger partial charge in [-0.2, -0.15) is 0 Å². The van der Waals surface area contributed by atoms with E-state index >= 15 is 0 Å². The van der Waals surface area contributed by atoms with Gasteiger partial charge in [-0.25, -0.2) is 0 Å². The molecule has 2 N–H and O–H groups in total. The Hall–Kier alpha value is -2.14. The molecular weight excluding hydrogens is 312 g/mol. The minimum Gasteiger partial charge on any atom is -0.464 e. The van der Waals surface area contributed by atoms with Gasteiger partial charge < -0.3 is 14.8 Å². The lowest BCUT2D eigenvalue weighted by molar-refractivity contribution is 0.104. The van der Waals surface area contributed by atoms with Gasteiger partial charge in [-0.3, -0.25) is 4.90 Å². The van der Waals surface area contributed by atoms with E-state index in [0.717, 1.165) is 36.0 Å². The highest BCUT2D eigenvalue weighted by Crippen LogP contribution is 2.20. The molecule has 0 saturated carbocycles. The van der Waals surface area contributed by atoms with Crippen molar-refractivity contribution in [3.05, 3.63) is 71.5 Å². The Morgan fingerprint density at radius 2 is 1.88 bits per heavy atom. The van der Waals surface area contributed by atoms with E-state index in [1.165, 1.54) is 11.1 Å². The second-order valence-electron chi connectivity index (χ2n) is 6.80. The largest absolute Gasteiger partial charge is 0.464 e. The molecule has 0 radical (unpaired) electrons. The van der Waals surface area contributed by atoms with Crippen molar-refractivity contribution in [2.45, 2.75) is 25.6 Å². The molecule has 25 heavy (non-hydrogen) atoms. The molecule has 1 unspecified atom stereocenters. The first-order valence-corrected chi connectivity index (χ1v) is 8.92. The molecule has 4 rings (SSSR count). The first kappa shape index (κ1) is 16.3.